The monoisotopic (exact) mass is 269 g/mol. The molecule has 0 amide bonds. The van der Waals surface area contributed by atoms with Gasteiger partial charge in [-0.1, -0.05) is 18.2 Å². The lowest BCUT2D eigenvalue weighted by Gasteiger charge is -2.23. The summed E-state index contributed by atoms with van der Waals surface area (Å²) in [4.78, 5) is 0. The first-order valence-corrected chi connectivity index (χ1v) is 7.04. The van der Waals surface area contributed by atoms with Crippen LogP contribution in [-0.4, -0.2) is 8.96 Å². The lowest BCUT2D eigenvalue weighted by molar-refractivity contribution is 0.598. The Balaban J connectivity index is 2.86. The molecule has 0 saturated carbocycles. The Labute approximate surface area is 111 Å². The van der Waals surface area contributed by atoms with Crippen molar-refractivity contribution in [2.75, 3.05) is 0 Å². The number of rotatable bonds is 5. The minimum absolute atomic E-state index is 0.108. The van der Waals surface area contributed by atoms with Crippen molar-refractivity contribution in [3.05, 3.63) is 48.3 Å². The molecule has 0 saturated heterocycles. The lowest BCUT2D eigenvalue weighted by atomic mass is 10.1. The van der Waals surface area contributed by atoms with Gasteiger partial charge in [-0.15, -0.1) is 6.58 Å². The summed E-state index contributed by atoms with van der Waals surface area (Å²) >= 11 is 0. The van der Waals surface area contributed by atoms with Gasteiger partial charge in [-0.05, 0) is 44.9 Å². The first-order chi connectivity index (χ1) is 8.34. The van der Waals surface area contributed by atoms with Gasteiger partial charge in [-0.3, -0.25) is 0 Å². The molecule has 4 heteroatoms. The van der Waals surface area contributed by atoms with E-state index < -0.39 is 11.0 Å². The van der Waals surface area contributed by atoms with Gasteiger partial charge in [0.25, 0.3) is 0 Å². The van der Waals surface area contributed by atoms with Gasteiger partial charge in [-0.2, -0.15) is 0 Å². The van der Waals surface area contributed by atoms with Crippen molar-refractivity contribution in [3.63, 3.8) is 0 Å². The van der Waals surface area contributed by atoms with Crippen LogP contribution >= 0.6 is 0 Å². The molecule has 1 aromatic carbocycles. The minimum Gasteiger partial charge on any atom is -0.242 e. The van der Waals surface area contributed by atoms with Crippen LogP contribution in [0.5, 0.6) is 0 Å². The number of benzene rings is 1. The predicted octanol–water partition coefficient (Wildman–Crippen LogP) is 3.49. The number of nitrogens with one attached hydrogen (secondary N) is 1. The van der Waals surface area contributed by atoms with E-state index in [1.54, 1.807) is 18.2 Å². The van der Waals surface area contributed by atoms with E-state index in [1.807, 2.05) is 20.8 Å². The molecule has 0 bridgehead atoms. The van der Waals surface area contributed by atoms with Gasteiger partial charge in [0.15, 0.2) is 0 Å². The normalized spacial score (nSPS) is 15.1. The number of hydrogen-bond acceptors (Lipinski definition) is 1. The van der Waals surface area contributed by atoms with Crippen LogP contribution in [-0.2, 0) is 11.0 Å². The van der Waals surface area contributed by atoms with Gasteiger partial charge in [-0.25, -0.2) is 13.3 Å². The third kappa shape index (κ3) is 4.35. The standard InChI is InChI=1S/C14H20FNOS/c1-5-6-13(16-18(17)14(2,3)4)11-7-9-12(15)10-8-11/h5,7-10,13,16H,1,6H2,2-4H3/t13-,18+/m0/s1. The van der Waals surface area contributed by atoms with E-state index >= 15 is 0 Å². The molecule has 0 spiro atoms. The van der Waals surface area contributed by atoms with E-state index in [9.17, 15) is 8.60 Å². The maximum Gasteiger partial charge on any atom is 0.123 e. The summed E-state index contributed by atoms with van der Waals surface area (Å²) in [5.41, 5.74) is 0.911. The molecule has 2 nitrogen and oxygen atoms in total. The molecule has 18 heavy (non-hydrogen) atoms. The third-order valence-corrected chi connectivity index (χ3v) is 4.09. The zero-order chi connectivity index (χ0) is 13.8. The maximum absolute atomic E-state index is 12.9. The van der Waals surface area contributed by atoms with Crippen LogP contribution in [0.15, 0.2) is 36.9 Å². The fourth-order valence-corrected chi connectivity index (χ4v) is 2.26. The highest BCUT2D eigenvalue weighted by Gasteiger charge is 2.23. The average Bonchev–Trinajstić information content (AvgIpc) is 2.28. The largest absolute Gasteiger partial charge is 0.242 e. The van der Waals surface area contributed by atoms with Gasteiger partial charge in [0.2, 0.25) is 0 Å². The molecule has 1 N–H and O–H groups in total. The smallest absolute Gasteiger partial charge is 0.123 e. The lowest BCUT2D eigenvalue weighted by Crippen LogP contribution is -2.35. The van der Waals surface area contributed by atoms with E-state index in [1.165, 1.54) is 12.1 Å². The molecule has 0 aromatic heterocycles. The molecule has 2 atom stereocenters. The van der Waals surface area contributed by atoms with Crippen LogP contribution in [0.4, 0.5) is 4.39 Å². The van der Waals surface area contributed by atoms with Crippen molar-refractivity contribution in [2.24, 2.45) is 0 Å². The second-order valence-corrected chi connectivity index (χ2v) is 7.13. The average molecular weight is 269 g/mol. The molecular weight excluding hydrogens is 249 g/mol. The molecule has 0 radical (unpaired) electrons. The maximum atomic E-state index is 12.9. The van der Waals surface area contributed by atoms with Crippen molar-refractivity contribution >= 4 is 11.0 Å². The predicted molar refractivity (Wildman–Crippen MR) is 75.0 cm³/mol. The Morgan fingerprint density at radius 3 is 2.39 bits per heavy atom. The summed E-state index contributed by atoms with van der Waals surface area (Å²) in [6.45, 7) is 9.43. The van der Waals surface area contributed by atoms with Crippen LogP contribution in [0.1, 0.15) is 38.8 Å². The van der Waals surface area contributed by atoms with Gasteiger partial charge in [0.05, 0.1) is 15.7 Å². The second-order valence-electron chi connectivity index (χ2n) is 5.13. The molecule has 1 aromatic rings. The zero-order valence-corrected chi connectivity index (χ0v) is 11.9. The van der Waals surface area contributed by atoms with Crippen LogP contribution in [0, 0.1) is 5.82 Å². The van der Waals surface area contributed by atoms with Crippen molar-refractivity contribution in [2.45, 2.75) is 38.0 Å². The fourth-order valence-electron chi connectivity index (χ4n) is 1.42. The molecular formula is C14H20FNOS. The SMILES string of the molecule is C=CC[C@H](N[S@](=O)C(C)(C)C)c1ccc(F)cc1. The first-order valence-electron chi connectivity index (χ1n) is 5.89. The van der Waals surface area contributed by atoms with E-state index in [-0.39, 0.29) is 16.6 Å². The molecule has 100 valence electrons. The molecule has 0 aliphatic rings. The Hall–Kier alpha value is -1.00. The van der Waals surface area contributed by atoms with Crippen molar-refractivity contribution < 1.29 is 8.60 Å². The van der Waals surface area contributed by atoms with Gasteiger partial charge >= 0.3 is 0 Å². The number of hydrogen-bond donors (Lipinski definition) is 1. The Bertz CT molecular complexity index is 422. The third-order valence-electron chi connectivity index (χ3n) is 2.48. The van der Waals surface area contributed by atoms with Crippen molar-refractivity contribution in [3.8, 4) is 0 Å². The first kappa shape index (κ1) is 15.1. The summed E-state index contributed by atoms with van der Waals surface area (Å²) in [5.74, 6) is -0.270. The van der Waals surface area contributed by atoms with Crippen molar-refractivity contribution in [1.29, 1.82) is 0 Å². The molecule has 0 aliphatic heterocycles. The highest BCUT2D eigenvalue weighted by molar-refractivity contribution is 7.84. The molecule has 1 rings (SSSR count). The van der Waals surface area contributed by atoms with E-state index in [0.29, 0.717) is 6.42 Å². The summed E-state index contributed by atoms with van der Waals surface area (Å²) in [7, 11) is -1.17. The zero-order valence-electron chi connectivity index (χ0n) is 11.1. The molecule has 0 aliphatic carbocycles. The summed E-state index contributed by atoms with van der Waals surface area (Å²) < 4.78 is 27.7. The molecule has 0 fully saturated rings. The molecule has 0 unspecified atom stereocenters. The second kappa shape index (κ2) is 6.25. The van der Waals surface area contributed by atoms with Crippen LogP contribution in [0.25, 0.3) is 0 Å². The van der Waals surface area contributed by atoms with E-state index in [0.717, 1.165) is 5.56 Å². The Morgan fingerprint density at radius 1 is 1.39 bits per heavy atom. The Morgan fingerprint density at radius 2 is 1.94 bits per heavy atom. The van der Waals surface area contributed by atoms with E-state index in [4.69, 9.17) is 0 Å². The highest BCUT2D eigenvalue weighted by Crippen LogP contribution is 2.21. The quantitative estimate of drug-likeness (QED) is 0.814. The fraction of sp³-hybridized carbons (Fsp3) is 0.429. The van der Waals surface area contributed by atoms with Gasteiger partial charge < -0.3 is 0 Å². The highest BCUT2D eigenvalue weighted by atomic mass is 32.2. The summed E-state index contributed by atoms with van der Waals surface area (Å²) in [6, 6.07) is 6.12. The van der Waals surface area contributed by atoms with Crippen LogP contribution < -0.4 is 4.72 Å². The van der Waals surface area contributed by atoms with Crippen molar-refractivity contribution in [1.82, 2.24) is 4.72 Å². The van der Waals surface area contributed by atoms with E-state index in [2.05, 4.69) is 11.3 Å². The minimum atomic E-state index is -1.17. The summed E-state index contributed by atoms with van der Waals surface area (Å²) in [6.07, 6.45) is 2.41. The van der Waals surface area contributed by atoms with Gasteiger partial charge in [0, 0.05) is 6.04 Å². The topological polar surface area (TPSA) is 29.1 Å². The van der Waals surface area contributed by atoms with Crippen LogP contribution in [0.3, 0.4) is 0 Å². The van der Waals surface area contributed by atoms with Gasteiger partial charge in [0.1, 0.15) is 5.82 Å². The Kier molecular flexibility index (Phi) is 5.23. The number of halogens is 1. The van der Waals surface area contributed by atoms with Crippen LogP contribution in [0.2, 0.25) is 0 Å². The summed E-state index contributed by atoms with van der Waals surface area (Å²) in [5, 5.41) is 0. The molecule has 0 heterocycles.